The minimum absolute atomic E-state index is 0.0306. The Bertz CT molecular complexity index is 472. The van der Waals surface area contributed by atoms with Crippen molar-refractivity contribution in [1.29, 1.82) is 0 Å². The number of anilines is 1. The molecule has 0 saturated heterocycles. The Kier molecular flexibility index (Phi) is 1.67. The van der Waals surface area contributed by atoms with Crippen LogP contribution in [0.5, 0.6) is 0 Å². The third-order valence-corrected chi connectivity index (χ3v) is 1.79. The van der Waals surface area contributed by atoms with Crippen LogP contribution in [0.1, 0.15) is 0 Å². The highest BCUT2D eigenvalue weighted by molar-refractivity contribution is 5.81. The Hall–Kier alpha value is -1.72. The number of aromatic nitrogens is 2. The van der Waals surface area contributed by atoms with Gasteiger partial charge < -0.3 is 5.73 Å². The highest BCUT2D eigenvalue weighted by Gasteiger charge is 2.31. The molecule has 0 atom stereocenters. The highest BCUT2D eigenvalue weighted by Crippen LogP contribution is 2.24. The van der Waals surface area contributed by atoms with Crippen LogP contribution in [-0.2, 0) is 6.30 Å². The van der Waals surface area contributed by atoms with Crippen molar-refractivity contribution >= 4 is 16.6 Å². The molecule has 0 saturated carbocycles. The van der Waals surface area contributed by atoms with Gasteiger partial charge in [-0.25, -0.2) is 0 Å². The number of halogens is 3. The van der Waals surface area contributed by atoms with Crippen LogP contribution in [0.4, 0.5) is 18.9 Å². The summed E-state index contributed by atoms with van der Waals surface area (Å²) in [6.45, 7) is 0. The van der Waals surface area contributed by atoms with Crippen molar-refractivity contribution in [2.75, 3.05) is 5.73 Å². The van der Waals surface area contributed by atoms with Crippen molar-refractivity contribution in [3.05, 3.63) is 24.4 Å². The maximum Gasteiger partial charge on any atom is 0.504 e. The summed E-state index contributed by atoms with van der Waals surface area (Å²) in [5.74, 6) is 0. The normalized spacial score (nSPS) is 12.2. The van der Waals surface area contributed by atoms with Crippen molar-refractivity contribution in [2.24, 2.45) is 0 Å². The largest absolute Gasteiger partial charge is 0.504 e. The highest BCUT2D eigenvalue weighted by atomic mass is 19.4. The van der Waals surface area contributed by atoms with E-state index < -0.39 is 6.30 Å². The van der Waals surface area contributed by atoms with E-state index in [1.807, 2.05) is 0 Å². The van der Waals surface area contributed by atoms with Crippen molar-refractivity contribution in [1.82, 2.24) is 9.78 Å². The lowest BCUT2D eigenvalue weighted by atomic mass is 10.2. The number of nitrogens with two attached hydrogens (primary N) is 1. The maximum atomic E-state index is 12.2. The van der Waals surface area contributed by atoms with Crippen molar-refractivity contribution in [2.45, 2.75) is 6.30 Å². The van der Waals surface area contributed by atoms with Gasteiger partial charge in [-0.15, -0.1) is 13.2 Å². The first-order chi connectivity index (χ1) is 6.47. The molecule has 14 heavy (non-hydrogen) atoms. The van der Waals surface area contributed by atoms with Gasteiger partial charge in [0.15, 0.2) is 0 Å². The smallest absolute Gasteiger partial charge is 0.399 e. The summed E-state index contributed by atoms with van der Waals surface area (Å²) in [5, 5.41) is 3.74. The van der Waals surface area contributed by atoms with Gasteiger partial charge in [-0.2, -0.15) is 9.78 Å². The molecule has 0 fully saturated rings. The predicted octanol–water partition coefficient (Wildman–Crippen LogP) is 2.09. The first kappa shape index (κ1) is 8.86. The van der Waals surface area contributed by atoms with E-state index in [-0.39, 0.29) is 10.2 Å². The van der Waals surface area contributed by atoms with Crippen LogP contribution >= 0.6 is 0 Å². The second-order valence-electron chi connectivity index (χ2n) is 2.86. The summed E-state index contributed by atoms with van der Waals surface area (Å²) in [6, 6.07) is 4.41. The number of nitrogens with zero attached hydrogens (tertiary/aromatic N) is 2. The lowest BCUT2D eigenvalue weighted by molar-refractivity contribution is -0.211. The summed E-state index contributed by atoms with van der Waals surface area (Å²) >= 11 is 0. The van der Waals surface area contributed by atoms with Crippen LogP contribution in [0.25, 0.3) is 10.9 Å². The molecule has 0 aliphatic heterocycles. The quantitative estimate of drug-likeness (QED) is 0.663. The summed E-state index contributed by atoms with van der Waals surface area (Å²) < 4.78 is 36.6. The van der Waals surface area contributed by atoms with Crippen molar-refractivity contribution < 1.29 is 13.2 Å². The van der Waals surface area contributed by atoms with Gasteiger partial charge in [0, 0.05) is 17.3 Å². The van der Waals surface area contributed by atoms with E-state index in [0.717, 1.165) is 6.20 Å². The fourth-order valence-corrected chi connectivity index (χ4v) is 1.17. The Morgan fingerprint density at radius 1 is 1.29 bits per heavy atom. The maximum absolute atomic E-state index is 12.2. The number of hydrogen-bond acceptors (Lipinski definition) is 2. The van der Waals surface area contributed by atoms with Crippen LogP contribution < -0.4 is 5.73 Å². The van der Waals surface area contributed by atoms with Crippen LogP contribution in [-0.4, -0.2) is 9.78 Å². The monoisotopic (exact) mass is 201 g/mol. The molecular formula is C8H6F3N3. The van der Waals surface area contributed by atoms with Gasteiger partial charge >= 0.3 is 6.30 Å². The molecule has 0 unspecified atom stereocenters. The standard InChI is InChI=1S/C8H6F3N3/c9-8(10,11)14-4-5-3-6(12)1-2-7(5)13-14/h1-4H,12H2. The number of nitrogen functional groups attached to an aromatic ring is 1. The third kappa shape index (κ3) is 1.39. The molecule has 0 aliphatic carbocycles. The molecule has 0 bridgehead atoms. The third-order valence-electron chi connectivity index (χ3n) is 1.79. The van der Waals surface area contributed by atoms with Gasteiger partial charge in [-0.3, -0.25) is 0 Å². The number of alkyl halides is 3. The van der Waals surface area contributed by atoms with Crippen molar-refractivity contribution in [3.8, 4) is 0 Å². The fourth-order valence-electron chi connectivity index (χ4n) is 1.17. The van der Waals surface area contributed by atoms with Crippen molar-refractivity contribution in [3.63, 3.8) is 0 Å². The number of benzene rings is 1. The molecule has 0 radical (unpaired) electrons. The van der Waals surface area contributed by atoms with Gasteiger partial charge in [-0.05, 0) is 18.2 Å². The van der Waals surface area contributed by atoms with Gasteiger partial charge in [0.1, 0.15) is 0 Å². The minimum atomic E-state index is -4.48. The van der Waals surface area contributed by atoms with E-state index in [2.05, 4.69) is 5.10 Å². The lowest BCUT2D eigenvalue weighted by Crippen LogP contribution is -2.16. The summed E-state index contributed by atoms with van der Waals surface area (Å²) in [4.78, 5) is 0. The molecule has 2 rings (SSSR count). The zero-order valence-electron chi connectivity index (χ0n) is 6.92. The van der Waals surface area contributed by atoms with E-state index in [1.54, 1.807) is 0 Å². The van der Waals surface area contributed by atoms with Gasteiger partial charge in [0.25, 0.3) is 0 Å². The molecule has 1 aromatic carbocycles. The molecule has 74 valence electrons. The second kappa shape index (κ2) is 2.63. The Labute approximate surface area is 76.9 Å². The van der Waals surface area contributed by atoms with Crippen LogP contribution in [0.2, 0.25) is 0 Å². The number of rotatable bonds is 0. The second-order valence-corrected chi connectivity index (χ2v) is 2.86. The molecule has 6 heteroatoms. The van der Waals surface area contributed by atoms with Crippen LogP contribution in [0.3, 0.4) is 0 Å². The molecule has 0 spiro atoms. The Morgan fingerprint density at radius 2 is 2.00 bits per heavy atom. The number of hydrogen-bond donors (Lipinski definition) is 1. The number of fused-ring (bicyclic) bond motifs is 1. The Balaban J connectivity index is 2.63. The van der Waals surface area contributed by atoms with E-state index >= 15 is 0 Å². The predicted molar refractivity (Wildman–Crippen MR) is 45.4 cm³/mol. The molecule has 0 aliphatic rings. The first-order valence-electron chi connectivity index (χ1n) is 3.79. The minimum Gasteiger partial charge on any atom is -0.399 e. The molecule has 2 aromatic rings. The topological polar surface area (TPSA) is 43.8 Å². The molecule has 3 nitrogen and oxygen atoms in total. The van der Waals surface area contributed by atoms with E-state index in [9.17, 15) is 13.2 Å². The zero-order valence-corrected chi connectivity index (χ0v) is 6.92. The van der Waals surface area contributed by atoms with Crippen LogP contribution in [0.15, 0.2) is 24.4 Å². The van der Waals surface area contributed by atoms with E-state index in [1.165, 1.54) is 18.2 Å². The summed E-state index contributed by atoms with van der Waals surface area (Å²) in [6.07, 6.45) is -3.57. The molecule has 2 N–H and O–H groups in total. The fraction of sp³-hybridized carbons (Fsp3) is 0.125. The van der Waals surface area contributed by atoms with Gasteiger partial charge in [-0.1, -0.05) is 0 Å². The Morgan fingerprint density at radius 3 is 2.64 bits per heavy atom. The molecular weight excluding hydrogens is 195 g/mol. The van der Waals surface area contributed by atoms with Crippen LogP contribution in [0, 0.1) is 0 Å². The molecule has 1 heterocycles. The van der Waals surface area contributed by atoms with E-state index in [0.29, 0.717) is 11.1 Å². The molecule has 1 aromatic heterocycles. The first-order valence-corrected chi connectivity index (χ1v) is 3.79. The molecule has 0 amide bonds. The summed E-state index contributed by atoms with van der Waals surface area (Å²) in [7, 11) is 0. The lowest BCUT2D eigenvalue weighted by Gasteiger charge is -2.03. The van der Waals surface area contributed by atoms with E-state index in [4.69, 9.17) is 5.73 Å². The average Bonchev–Trinajstić information content (AvgIpc) is 2.45. The SMILES string of the molecule is Nc1ccc2nn(C(F)(F)F)cc2c1. The van der Waals surface area contributed by atoms with Gasteiger partial charge in [0.2, 0.25) is 0 Å². The average molecular weight is 201 g/mol. The zero-order chi connectivity index (χ0) is 10.3. The van der Waals surface area contributed by atoms with Gasteiger partial charge in [0.05, 0.1) is 5.52 Å². The summed E-state index contributed by atoms with van der Waals surface area (Å²) in [5.41, 5.74) is 6.11.